The van der Waals surface area contributed by atoms with E-state index in [1.54, 1.807) is 0 Å². The third-order valence-corrected chi connectivity index (χ3v) is 12.2. The maximum absolute atomic E-state index is 7.06. The molecule has 1 heterocycles. The van der Waals surface area contributed by atoms with Crippen molar-refractivity contribution in [1.82, 2.24) is 0 Å². The molecular weight excluding hydrogens is 691 g/mol. The lowest BCUT2D eigenvalue weighted by atomic mass is 9.82. The second-order valence-corrected chi connectivity index (χ2v) is 15.8. The van der Waals surface area contributed by atoms with E-state index >= 15 is 0 Å². The van der Waals surface area contributed by atoms with E-state index in [-0.39, 0.29) is 5.41 Å². The van der Waals surface area contributed by atoms with Crippen LogP contribution < -0.4 is 4.90 Å². The first-order valence-electron chi connectivity index (χ1n) is 20.3. The highest BCUT2D eigenvalue weighted by atomic mass is 16.3. The van der Waals surface area contributed by atoms with E-state index in [1.165, 1.54) is 61.2 Å². The molecule has 1 aliphatic rings. The lowest BCUT2D eigenvalue weighted by Gasteiger charge is -2.30. The molecule has 1 aliphatic carbocycles. The van der Waals surface area contributed by atoms with Crippen LogP contribution in [-0.4, -0.2) is 0 Å². The van der Waals surface area contributed by atoms with Crippen LogP contribution in [0.4, 0.5) is 17.1 Å². The standard InChI is InChI=1S/C55H45NO/c1-5-36-18-13-14-23-43(36)44-30-29-42(32-37(44)6-2)56(50-27-17-26-49-53(50)45-24-15-16-25-48(45)55(49,3)4)51-35-41(39-21-11-8-12-22-39)34-47-46-33-40(38-19-9-7-10-20-38)28-31-52(46)57-54(47)51/h7-35H,5-6H2,1-4H3. The molecule has 0 unspecified atom stereocenters. The summed E-state index contributed by atoms with van der Waals surface area (Å²) in [6, 6.07) is 64.4. The highest BCUT2D eigenvalue weighted by molar-refractivity contribution is 6.13. The molecule has 0 spiro atoms. The van der Waals surface area contributed by atoms with Gasteiger partial charge in [0.1, 0.15) is 5.58 Å². The molecule has 276 valence electrons. The van der Waals surface area contributed by atoms with Gasteiger partial charge in [0.05, 0.1) is 11.4 Å². The van der Waals surface area contributed by atoms with Crippen LogP contribution in [0.5, 0.6) is 0 Å². The lowest BCUT2D eigenvalue weighted by Crippen LogP contribution is -2.16. The largest absolute Gasteiger partial charge is 0.454 e. The molecule has 0 saturated heterocycles. The normalized spacial score (nSPS) is 12.8. The maximum atomic E-state index is 7.06. The summed E-state index contributed by atoms with van der Waals surface area (Å²) in [6.45, 7) is 9.24. The Bertz CT molecular complexity index is 2950. The molecule has 1 aromatic heterocycles. The summed E-state index contributed by atoms with van der Waals surface area (Å²) < 4.78 is 7.06. The van der Waals surface area contributed by atoms with Gasteiger partial charge in [0, 0.05) is 27.4 Å². The smallest absolute Gasteiger partial charge is 0.159 e. The van der Waals surface area contributed by atoms with Gasteiger partial charge in [-0.25, -0.2) is 0 Å². The first kappa shape index (κ1) is 34.8. The summed E-state index contributed by atoms with van der Waals surface area (Å²) in [7, 11) is 0. The van der Waals surface area contributed by atoms with Gasteiger partial charge in [-0.05, 0) is 117 Å². The topological polar surface area (TPSA) is 16.4 Å². The summed E-state index contributed by atoms with van der Waals surface area (Å²) in [5, 5.41) is 2.21. The highest BCUT2D eigenvalue weighted by Gasteiger charge is 2.38. The number of aryl methyl sites for hydroxylation is 2. The molecule has 0 N–H and O–H groups in total. The Kier molecular flexibility index (Phi) is 8.45. The van der Waals surface area contributed by atoms with Crippen LogP contribution in [-0.2, 0) is 18.3 Å². The predicted molar refractivity (Wildman–Crippen MR) is 241 cm³/mol. The Hall–Kier alpha value is -6.64. The zero-order chi connectivity index (χ0) is 38.7. The number of benzene rings is 8. The van der Waals surface area contributed by atoms with Crippen LogP contribution in [0.3, 0.4) is 0 Å². The molecule has 8 aromatic carbocycles. The van der Waals surface area contributed by atoms with Gasteiger partial charge in [0.25, 0.3) is 0 Å². The fraction of sp³-hybridized carbons (Fsp3) is 0.127. The van der Waals surface area contributed by atoms with Gasteiger partial charge in [0.15, 0.2) is 5.58 Å². The summed E-state index contributed by atoms with van der Waals surface area (Å²) in [6.07, 6.45) is 1.89. The minimum atomic E-state index is -0.148. The van der Waals surface area contributed by atoms with Gasteiger partial charge in [0.2, 0.25) is 0 Å². The van der Waals surface area contributed by atoms with Crippen molar-refractivity contribution in [2.75, 3.05) is 4.90 Å². The second-order valence-electron chi connectivity index (χ2n) is 15.8. The monoisotopic (exact) mass is 735 g/mol. The van der Waals surface area contributed by atoms with E-state index in [0.717, 1.165) is 57.4 Å². The summed E-state index contributed by atoms with van der Waals surface area (Å²) >= 11 is 0. The van der Waals surface area contributed by atoms with Crippen molar-refractivity contribution in [2.45, 2.75) is 46.0 Å². The lowest BCUT2D eigenvalue weighted by molar-refractivity contribution is 0.660. The molecule has 0 saturated carbocycles. The van der Waals surface area contributed by atoms with Crippen LogP contribution in [0, 0.1) is 0 Å². The van der Waals surface area contributed by atoms with Gasteiger partial charge in [-0.15, -0.1) is 0 Å². The number of furan rings is 1. The first-order valence-corrected chi connectivity index (χ1v) is 20.3. The molecule has 0 radical (unpaired) electrons. The minimum Gasteiger partial charge on any atom is -0.454 e. The van der Waals surface area contributed by atoms with Gasteiger partial charge in [-0.2, -0.15) is 0 Å². The molecule has 0 fully saturated rings. The summed E-state index contributed by atoms with van der Waals surface area (Å²) in [5.74, 6) is 0. The van der Waals surface area contributed by atoms with Crippen LogP contribution in [0.1, 0.15) is 49.9 Å². The van der Waals surface area contributed by atoms with Gasteiger partial charge >= 0.3 is 0 Å². The molecule has 10 rings (SSSR count). The Morgan fingerprint density at radius 1 is 0.456 bits per heavy atom. The van der Waals surface area contributed by atoms with Crippen LogP contribution in [0.2, 0.25) is 0 Å². The molecular formula is C55H45NO. The number of hydrogen-bond acceptors (Lipinski definition) is 2. The zero-order valence-electron chi connectivity index (χ0n) is 33.0. The van der Waals surface area contributed by atoms with Gasteiger partial charge in [-0.3, -0.25) is 0 Å². The van der Waals surface area contributed by atoms with Crippen molar-refractivity contribution in [3.63, 3.8) is 0 Å². The molecule has 2 nitrogen and oxygen atoms in total. The quantitative estimate of drug-likeness (QED) is 0.154. The first-order chi connectivity index (χ1) is 27.9. The van der Waals surface area contributed by atoms with Crippen molar-refractivity contribution in [1.29, 1.82) is 0 Å². The van der Waals surface area contributed by atoms with Crippen LogP contribution in [0.15, 0.2) is 180 Å². The van der Waals surface area contributed by atoms with Crippen molar-refractivity contribution >= 4 is 39.0 Å². The summed E-state index contributed by atoms with van der Waals surface area (Å²) in [5.41, 5.74) is 20.1. The van der Waals surface area contributed by atoms with E-state index < -0.39 is 0 Å². The Labute approximate surface area is 335 Å². The number of anilines is 3. The van der Waals surface area contributed by atoms with Crippen molar-refractivity contribution in [3.8, 4) is 44.5 Å². The number of rotatable bonds is 8. The average Bonchev–Trinajstić information content (AvgIpc) is 3.76. The van der Waals surface area contributed by atoms with E-state index in [9.17, 15) is 0 Å². The van der Waals surface area contributed by atoms with Crippen molar-refractivity contribution in [2.24, 2.45) is 0 Å². The summed E-state index contributed by atoms with van der Waals surface area (Å²) in [4.78, 5) is 2.49. The Balaban J connectivity index is 1.30. The van der Waals surface area contributed by atoms with Gasteiger partial charge < -0.3 is 9.32 Å². The zero-order valence-corrected chi connectivity index (χ0v) is 33.0. The number of nitrogens with zero attached hydrogens (tertiary/aromatic N) is 1. The van der Waals surface area contributed by atoms with E-state index in [2.05, 4.69) is 209 Å². The maximum Gasteiger partial charge on any atom is 0.159 e. The van der Waals surface area contributed by atoms with Crippen LogP contribution >= 0.6 is 0 Å². The molecule has 0 amide bonds. The van der Waals surface area contributed by atoms with Crippen molar-refractivity contribution < 1.29 is 4.42 Å². The third kappa shape index (κ3) is 5.70. The minimum absolute atomic E-state index is 0.148. The number of hydrogen-bond donors (Lipinski definition) is 0. The predicted octanol–water partition coefficient (Wildman–Crippen LogP) is 15.5. The second kappa shape index (κ2) is 13.8. The molecule has 0 aliphatic heterocycles. The Morgan fingerprint density at radius 3 is 1.84 bits per heavy atom. The fourth-order valence-corrected chi connectivity index (χ4v) is 9.33. The Morgan fingerprint density at radius 2 is 1.09 bits per heavy atom. The SMILES string of the molecule is CCc1ccccc1-c1ccc(N(c2cccc3c2-c2ccccc2C3(C)C)c2cc(-c3ccccc3)cc3c2oc2ccc(-c4ccccc4)cc23)cc1CC. The van der Waals surface area contributed by atoms with Crippen molar-refractivity contribution in [3.05, 3.63) is 198 Å². The number of fused-ring (bicyclic) bond motifs is 6. The van der Waals surface area contributed by atoms with E-state index in [4.69, 9.17) is 4.42 Å². The average molecular weight is 736 g/mol. The van der Waals surface area contributed by atoms with E-state index in [1.807, 2.05) is 0 Å². The van der Waals surface area contributed by atoms with Gasteiger partial charge in [-0.1, -0.05) is 161 Å². The molecule has 2 heteroatoms. The molecule has 0 bridgehead atoms. The van der Waals surface area contributed by atoms with E-state index in [0.29, 0.717) is 0 Å². The fourth-order valence-electron chi connectivity index (χ4n) is 9.33. The molecule has 57 heavy (non-hydrogen) atoms. The molecule has 9 aromatic rings. The molecule has 0 atom stereocenters. The van der Waals surface area contributed by atoms with Crippen LogP contribution in [0.25, 0.3) is 66.4 Å². The highest BCUT2D eigenvalue weighted by Crippen LogP contribution is 2.55. The third-order valence-electron chi connectivity index (χ3n) is 12.2.